The number of ether oxygens (including phenoxy) is 1. The van der Waals surface area contributed by atoms with Gasteiger partial charge in [-0.05, 0) is 61.9 Å². The predicted octanol–water partition coefficient (Wildman–Crippen LogP) is 5.21. The number of sulfone groups is 1. The van der Waals surface area contributed by atoms with Gasteiger partial charge < -0.3 is 9.64 Å². The summed E-state index contributed by atoms with van der Waals surface area (Å²) >= 11 is 3.80. The number of piperidine rings is 1. The molecule has 1 unspecified atom stereocenters. The summed E-state index contributed by atoms with van der Waals surface area (Å²) in [5, 5.41) is 0.621. The third-order valence-corrected chi connectivity index (χ3v) is 9.19. The number of aromatic nitrogens is 4. The lowest BCUT2D eigenvalue weighted by Crippen LogP contribution is -2.39. The van der Waals surface area contributed by atoms with Crippen molar-refractivity contribution in [2.24, 2.45) is 5.92 Å². The molecule has 8 nitrogen and oxygen atoms in total. The second-order valence-electron chi connectivity index (χ2n) is 9.27. The Bertz CT molecular complexity index is 1470. The predicted molar refractivity (Wildman–Crippen MR) is 156 cm³/mol. The molecule has 1 fully saturated rings. The van der Waals surface area contributed by atoms with Crippen LogP contribution in [0.5, 0.6) is 5.19 Å². The number of rotatable bonds is 8. The average Bonchev–Trinajstić information content (AvgIpc) is 3.30. The minimum absolute atomic E-state index is 0.0395. The molecule has 4 heterocycles. The molecule has 37 heavy (non-hydrogen) atoms. The van der Waals surface area contributed by atoms with Crippen molar-refractivity contribution in [3.05, 3.63) is 54.4 Å². The van der Waals surface area contributed by atoms with Crippen LogP contribution in [0, 0.1) is 5.92 Å². The van der Waals surface area contributed by atoms with E-state index in [4.69, 9.17) is 9.72 Å². The number of hydrogen-bond donors (Lipinski definition) is 0. The van der Waals surface area contributed by atoms with Crippen molar-refractivity contribution in [3.8, 4) is 16.5 Å². The van der Waals surface area contributed by atoms with E-state index in [1.807, 2.05) is 24.5 Å². The van der Waals surface area contributed by atoms with Crippen LogP contribution in [0.4, 0.5) is 5.95 Å². The number of fused-ring (bicyclic) bond motifs is 1. The molecule has 5 rings (SSSR count). The first-order chi connectivity index (χ1) is 17.8. The van der Waals surface area contributed by atoms with E-state index in [1.165, 1.54) is 23.2 Å². The van der Waals surface area contributed by atoms with Gasteiger partial charge in [-0.15, -0.1) is 0 Å². The number of thiazole rings is 1. The first-order valence-corrected chi connectivity index (χ1v) is 16.4. The van der Waals surface area contributed by atoms with E-state index in [9.17, 15) is 8.42 Å². The zero-order chi connectivity index (χ0) is 26.0. The summed E-state index contributed by atoms with van der Waals surface area (Å²) in [4.78, 5) is 21.9. The van der Waals surface area contributed by atoms with Gasteiger partial charge in [-0.2, -0.15) is 0 Å². The van der Waals surface area contributed by atoms with E-state index >= 15 is 0 Å². The highest BCUT2D eigenvalue weighted by atomic mass is 127. The summed E-state index contributed by atoms with van der Waals surface area (Å²) in [5.74, 6) is 1.24. The molecule has 1 atom stereocenters. The Morgan fingerprint density at radius 1 is 1.08 bits per heavy atom. The van der Waals surface area contributed by atoms with Gasteiger partial charge in [0.2, 0.25) is 5.95 Å². The number of hydrogen-bond acceptors (Lipinski definition) is 9. The molecule has 0 N–H and O–H groups in total. The Balaban J connectivity index is 1.21. The maximum absolute atomic E-state index is 11.7. The van der Waals surface area contributed by atoms with Gasteiger partial charge in [-0.3, -0.25) is 0 Å². The monoisotopic (exact) mass is 649 g/mol. The van der Waals surface area contributed by atoms with Gasteiger partial charge in [-0.1, -0.05) is 46.1 Å². The largest absolute Gasteiger partial charge is 0.467 e. The maximum atomic E-state index is 11.7. The van der Waals surface area contributed by atoms with Gasteiger partial charge in [0.25, 0.3) is 5.19 Å². The molecular formula is C26H28IN5O3S2. The van der Waals surface area contributed by atoms with Gasteiger partial charge >= 0.3 is 0 Å². The van der Waals surface area contributed by atoms with Crippen molar-refractivity contribution < 1.29 is 13.2 Å². The van der Waals surface area contributed by atoms with E-state index in [-0.39, 0.29) is 6.10 Å². The van der Waals surface area contributed by atoms with Gasteiger partial charge in [0.1, 0.15) is 16.5 Å². The SMILES string of the molecule is CC(Oc1nc2ccc(-c3ccc(S(C)(=O)=O)cc3)nc2s1)C1CCN(c2ncc(CCI)cn2)CC1. The molecule has 0 saturated carbocycles. The number of nitrogens with zero attached hydrogens (tertiary/aromatic N) is 5. The van der Waals surface area contributed by atoms with E-state index in [0.717, 1.165) is 64.3 Å². The fraction of sp³-hybridized carbons (Fsp3) is 0.385. The van der Waals surface area contributed by atoms with Gasteiger partial charge in [0.15, 0.2) is 9.84 Å². The highest BCUT2D eigenvalue weighted by molar-refractivity contribution is 14.1. The molecule has 0 radical (unpaired) electrons. The molecule has 1 saturated heterocycles. The number of alkyl halides is 1. The van der Waals surface area contributed by atoms with Crippen molar-refractivity contribution >= 4 is 60.1 Å². The Morgan fingerprint density at radius 2 is 1.78 bits per heavy atom. The van der Waals surface area contributed by atoms with Crippen LogP contribution < -0.4 is 9.64 Å². The van der Waals surface area contributed by atoms with Crippen LogP contribution in [0.25, 0.3) is 21.6 Å². The normalized spacial score (nSPS) is 15.7. The minimum Gasteiger partial charge on any atom is -0.467 e. The molecule has 1 aromatic carbocycles. The third kappa shape index (κ3) is 6.20. The number of pyridine rings is 1. The van der Waals surface area contributed by atoms with Crippen molar-refractivity contribution in [1.29, 1.82) is 0 Å². The summed E-state index contributed by atoms with van der Waals surface area (Å²) in [6.45, 7) is 3.93. The maximum Gasteiger partial charge on any atom is 0.276 e. The van der Waals surface area contributed by atoms with Crippen LogP contribution in [0.2, 0.25) is 0 Å². The molecule has 4 aromatic rings. The number of halogens is 1. The molecule has 1 aliphatic rings. The van der Waals surface area contributed by atoms with Crippen LogP contribution in [0.3, 0.4) is 0 Å². The molecular weight excluding hydrogens is 621 g/mol. The quantitative estimate of drug-likeness (QED) is 0.190. The van der Waals surface area contributed by atoms with E-state index in [0.29, 0.717) is 16.0 Å². The fourth-order valence-corrected chi connectivity index (χ4v) is 6.58. The van der Waals surface area contributed by atoms with E-state index in [2.05, 4.69) is 49.4 Å². The van der Waals surface area contributed by atoms with Crippen LogP contribution >= 0.6 is 33.9 Å². The summed E-state index contributed by atoms with van der Waals surface area (Å²) in [7, 11) is -3.23. The fourth-order valence-electron chi connectivity index (χ4n) is 4.45. The Labute approximate surface area is 234 Å². The first-order valence-electron chi connectivity index (χ1n) is 12.2. The summed E-state index contributed by atoms with van der Waals surface area (Å²) < 4.78 is 30.8. The Kier molecular flexibility index (Phi) is 7.91. The zero-order valence-electron chi connectivity index (χ0n) is 20.7. The average molecular weight is 650 g/mol. The van der Waals surface area contributed by atoms with Crippen molar-refractivity contribution in [3.63, 3.8) is 0 Å². The standard InChI is InChI=1S/C26H28IN5O3S2/c1-17(19-10-13-32(14-11-19)25-28-15-18(9-12-27)16-29-25)35-26-31-23-8-7-22(30-24(23)36-26)20-3-5-21(6-4-20)37(2,33)34/h3-8,15-17,19H,9-14H2,1-2H3. The second kappa shape index (κ2) is 11.2. The smallest absolute Gasteiger partial charge is 0.276 e. The van der Waals surface area contributed by atoms with E-state index in [1.54, 1.807) is 24.3 Å². The molecule has 0 amide bonds. The summed E-state index contributed by atoms with van der Waals surface area (Å²) in [6, 6.07) is 10.6. The molecule has 194 valence electrons. The van der Waals surface area contributed by atoms with Gasteiger partial charge in [0, 0.05) is 41.7 Å². The van der Waals surface area contributed by atoms with Crippen molar-refractivity contribution in [1.82, 2.24) is 19.9 Å². The Hall–Kier alpha value is -2.38. The number of benzene rings is 1. The Morgan fingerprint density at radius 3 is 2.43 bits per heavy atom. The van der Waals surface area contributed by atoms with Crippen molar-refractivity contribution in [2.75, 3.05) is 28.7 Å². The number of anilines is 1. The molecule has 0 aliphatic carbocycles. The molecule has 0 spiro atoms. The minimum atomic E-state index is -3.23. The lowest BCUT2D eigenvalue weighted by Gasteiger charge is -2.34. The van der Waals surface area contributed by atoms with Crippen LogP contribution in [-0.4, -0.2) is 58.2 Å². The van der Waals surface area contributed by atoms with Gasteiger partial charge in [-0.25, -0.2) is 28.4 Å². The first kappa shape index (κ1) is 26.2. The summed E-state index contributed by atoms with van der Waals surface area (Å²) in [5.41, 5.74) is 3.60. The highest BCUT2D eigenvalue weighted by Crippen LogP contribution is 2.32. The lowest BCUT2D eigenvalue weighted by atomic mass is 9.92. The van der Waals surface area contributed by atoms with E-state index < -0.39 is 9.84 Å². The zero-order valence-corrected chi connectivity index (χ0v) is 24.5. The third-order valence-electron chi connectivity index (χ3n) is 6.66. The van der Waals surface area contributed by atoms with Crippen LogP contribution in [0.1, 0.15) is 25.3 Å². The number of aryl methyl sites for hydroxylation is 1. The highest BCUT2D eigenvalue weighted by Gasteiger charge is 2.27. The summed E-state index contributed by atoms with van der Waals surface area (Å²) in [6.07, 6.45) is 8.14. The van der Waals surface area contributed by atoms with Crippen LogP contribution in [-0.2, 0) is 16.3 Å². The molecule has 3 aromatic heterocycles. The molecule has 1 aliphatic heterocycles. The van der Waals surface area contributed by atoms with Crippen LogP contribution in [0.15, 0.2) is 53.7 Å². The second-order valence-corrected chi connectivity index (χ2v) is 13.3. The molecule has 0 bridgehead atoms. The van der Waals surface area contributed by atoms with Gasteiger partial charge in [0.05, 0.1) is 10.6 Å². The lowest BCUT2D eigenvalue weighted by molar-refractivity contribution is 0.132. The topological polar surface area (TPSA) is 98.2 Å². The molecule has 11 heteroatoms. The van der Waals surface area contributed by atoms with Crippen molar-refractivity contribution in [2.45, 2.75) is 37.2 Å².